The zero-order valence-corrected chi connectivity index (χ0v) is 14.7. The number of hydrogen-bond acceptors (Lipinski definition) is 3. The van der Waals surface area contributed by atoms with Gasteiger partial charge in [0, 0.05) is 30.1 Å². The van der Waals surface area contributed by atoms with Gasteiger partial charge in [0.25, 0.3) is 0 Å². The fourth-order valence-corrected chi connectivity index (χ4v) is 3.99. The van der Waals surface area contributed by atoms with Crippen molar-refractivity contribution in [3.05, 3.63) is 28.8 Å². The van der Waals surface area contributed by atoms with Crippen LogP contribution in [0.25, 0.3) is 0 Å². The van der Waals surface area contributed by atoms with Gasteiger partial charge in [-0.15, -0.1) is 0 Å². The highest BCUT2D eigenvalue weighted by Gasteiger charge is 2.26. The second kappa shape index (κ2) is 7.90. The average Bonchev–Trinajstić information content (AvgIpc) is 2.63. The fraction of sp³-hybridized carbons (Fsp3) is 0.579. The van der Waals surface area contributed by atoms with Crippen molar-refractivity contribution in [2.24, 2.45) is 5.92 Å². The van der Waals surface area contributed by atoms with E-state index >= 15 is 0 Å². The van der Waals surface area contributed by atoms with E-state index in [1.54, 1.807) is 6.07 Å². The summed E-state index contributed by atoms with van der Waals surface area (Å²) in [4.78, 5) is 14.6. The molecule has 1 aromatic carbocycles. The first kappa shape index (κ1) is 17.1. The average molecular weight is 346 g/mol. The molecule has 0 spiro atoms. The Labute approximate surface area is 148 Å². The molecule has 3 rings (SSSR count). The maximum atomic E-state index is 12.4. The van der Waals surface area contributed by atoms with Crippen molar-refractivity contribution in [2.75, 3.05) is 18.0 Å². The number of nitrogens with one attached hydrogen (secondary N) is 1. The Morgan fingerprint density at radius 1 is 1.17 bits per heavy atom. The summed E-state index contributed by atoms with van der Waals surface area (Å²) < 4.78 is 0. The Kier molecular flexibility index (Phi) is 5.63. The maximum Gasteiger partial charge on any atom is 0.223 e. The van der Waals surface area contributed by atoms with Crippen LogP contribution < -0.4 is 10.2 Å². The van der Waals surface area contributed by atoms with Gasteiger partial charge in [-0.25, -0.2) is 0 Å². The molecule has 0 atom stereocenters. The number of anilines is 1. The highest BCUT2D eigenvalue weighted by molar-refractivity contribution is 6.30. The van der Waals surface area contributed by atoms with Crippen LogP contribution in [0.2, 0.25) is 5.02 Å². The monoisotopic (exact) mass is 345 g/mol. The van der Waals surface area contributed by atoms with E-state index in [0.717, 1.165) is 44.5 Å². The first-order chi connectivity index (χ1) is 11.7. The van der Waals surface area contributed by atoms with E-state index in [-0.39, 0.29) is 17.9 Å². The molecular formula is C19H24ClN3O. The lowest BCUT2D eigenvalue weighted by molar-refractivity contribution is -0.126. The summed E-state index contributed by atoms with van der Waals surface area (Å²) in [6.45, 7) is 1.71. The number of piperidine rings is 1. The zero-order chi connectivity index (χ0) is 16.9. The van der Waals surface area contributed by atoms with Crippen LogP contribution in [0.1, 0.15) is 50.5 Å². The minimum atomic E-state index is 0.221. The van der Waals surface area contributed by atoms with E-state index in [9.17, 15) is 10.1 Å². The van der Waals surface area contributed by atoms with Crippen molar-refractivity contribution in [3.8, 4) is 6.07 Å². The standard InChI is InChI=1S/C19H24ClN3O/c20-16-6-7-18(15(12-16)13-21)23-10-8-17(9-11-23)22-19(24)14-4-2-1-3-5-14/h6-7,12,14,17H,1-5,8-11H2,(H,22,24). The molecule has 1 saturated heterocycles. The Hall–Kier alpha value is -1.73. The van der Waals surface area contributed by atoms with Gasteiger partial charge in [-0.3, -0.25) is 4.79 Å². The molecule has 5 heteroatoms. The third-order valence-corrected chi connectivity index (χ3v) is 5.47. The SMILES string of the molecule is N#Cc1cc(Cl)ccc1N1CCC(NC(=O)C2CCCCC2)CC1. The summed E-state index contributed by atoms with van der Waals surface area (Å²) in [5, 5.41) is 13.1. The smallest absolute Gasteiger partial charge is 0.223 e. The van der Waals surface area contributed by atoms with Crippen LogP contribution in [-0.2, 0) is 4.79 Å². The second-order valence-electron chi connectivity index (χ2n) is 6.88. The van der Waals surface area contributed by atoms with Gasteiger partial charge in [-0.05, 0) is 43.9 Å². The summed E-state index contributed by atoms with van der Waals surface area (Å²) >= 11 is 5.97. The van der Waals surface area contributed by atoms with Crippen molar-refractivity contribution < 1.29 is 4.79 Å². The molecule has 2 fully saturated rings. The molecular weight excluding hydrogens is 322 g/mol. The number of halogens is 1. The van der Waals surface area contributed by atoms with Gasteiger partial charge in [0.05, 0.1) is 11.3 Å². The summed E-state index contributed by atoms with van der Waals surface area (Å²) in [5.41, 5.74) is 1.56. The van der Waals surface area contributed by atoms with Crippen LogP contribution in [0.3, 0.4) is 0 Å². The van der Waals surface area contributed by atoms with Gasteiger partial charge in [0.15, 0.2) is 0 Å². The lowest BCUT2D eigenvalue weighted by Gasteiger charge is -2.35. The number of benzene rings is 1. The van der Waals surface area contributed by atoms with Crippen molar-refractivity contribution in [1.82, 2.24) is 5.32 Å². The van der Waals surface area contributed by atoms with Gasteiger partial charge in [0.1, 0.15) is 6.07 Å². The van der Waals surface area contributed by atoms with Gasteiger partial charge >= 0.3 is 0 Å². The highest BCUT2D eigenvalue weighted by Crippen LogP contribution is 2.27. The first-order valence-electron chi connectivity index (χ1n) is 8.92. The van der Waals surface area contributed by atoms with E-state index in [2.05, 4.69) is 16.3 Å². The van der Waals surface area contributed by atoms with Crippen molar-refractivity contribution in [2.45, 2.75) is 51.0 Å². The summed E-state index contributed by atoms with van der Waals surface area (Å²) in [5.74, 6) is 0.468. The Bertz CT molecular complexity index is 626. The number of amides is 1. The Balaban J connectivity index is 1.54. The molecule has 2 aliphatic rings. The number of nitrogens with zero attached hydrogens (tertiary/aromatic N) is 2. The van der Waals surface area contributed by atoms with E-state index in [1.807, 2.05) is 12.1 Å². The quantitative estimate of drug-likeness (QED) is 0.904. The molecule has 1 saturated carbocycles. The van der Waals surface area contributed by atoms with E-state index < -0.39 is 0 Å². The predicted molar refractivity (Wildman–Crippen MR) is 96.1 cm³/mol. The maximum absolute atomic E-state index is 12.4. The molecule has 1 aliphatic carbocycles. The number of hydrogen-bond donors (Lipinski definition) is 1. The third kappa shape index (κ3) is 4.02. The normalized spacial score (nSPS) is 19.8. The van der Waals surface area contributed by atoms with Crippen molar-refractivity contribution >= 4 is 23.2 Å². The summed E-state index contributed by atoms with van der Waals surface area (Å²) in [6.07, 6.45) is 7.57. The lowest BCUT2D eigenvalue weighted by Crippen LogP contribution is -2.46. The molecule has 4 nitrogen and oxygen atoms in total. The fourth-order valence-electron chi connectivity index (χ4n) is 3.82. The molecule has 0 unspecified atom stereocenters. The van der Waals surface area contributed by atoms with Crippen LogP contribution in [0.4, 0.5) is 5.69 Å². The van der Waals surface area contributed by atoms with Crippen LogP contribution in [0.15, 0.2) is 18.2 Å². The molecule has 24 heavy (non-hydrogen) atoms. The minimum Gasteiger partial charge on any atom is -0.370 e. The molecule has 1 aromatic rings. The largest absolute Gasteiger partial charge is 0.370 e. The molecule has 1 N–H and O–H groups in total. The van der Waals surface area contributed by atoms with Crippen LogP contribution in [-0.4, -0.2) is 25.0 Å². The number of carbonyl (C=O) groups is 1. The van der Waals surface area contributed by atoms with Gasteiger partial charge in [-0.1, -0.05) is 30.9 Å². The highest BCUT2D eigenvalue weighted by atomic mass is 35.5. The molecule has 0 aromatic heterocycles. The number of rotatable bonds is 3. The molecule has 1 heterocycles. The van der Waals surface area contributed by atoms with Crippen LogP contribution >= 0.6 is 11.6 Å². The van der Waals surface area contributed by atoms with E-state index in [4.69, 9.17) is 11.6 Å². The second-order valence-corrected chi connectivity index (χ2v) is 7.31. The zero-order valence-electron chi connectivity index (χ0n) is 13.9. The molecule has 0 radical (unpaired) electrons. The number of nitriles is 1. The summed E-state index contributed by atoms with van der Waals surface area (Å²) in [7, 11) is 0. The van der Waals surface area contributed by atoms with E-state index in [0.29, 0.717) is 10.6 Å². The van der Waals surface area contributed by atoms with Crippen molar-refractivity contribution in [1.29, 1.82) is 5.26 Å². The molecule has 128 valence electrons. The van der Waals surface area contributed by atoms with E-state index in [1.165, 1.54) is 19.3 Å². The minimum absolute atomic E-state index is 0.221. The van der Waals surface area contributed by atoms with Crippen molar-refractivity contribution in [3.63, 3.8) is 0 Å². The van der Waals surface area contributed by atoms with Crippen LogP contribution in [0, 0.1) is 17.2 Å². The topological polar surface area (TPSA) is 56.1 Å². The van der Waals surface area contributed by atoms with Gasteiger partial charge in [-0.2, -0.15) is 5.26 Å². The van der Waals surface area contributed by atoms with Gasteiger partial charge in [0.2, 0.25) is 5.91 Å². The lowest BCUT2D eigenvalue weighted by atomic mass is 9.88. The predicted octanol–water partition coefficient (Wildman–Crippen LogP) is 3.88. The van der Waals surface area contributed by atoms with Crippen LogP contribution in [0.5, 0.6) is 0 Å². The first-order valence-corrected chi connectivity index (χ1v) is 9.30. The molecule has 1 aliphatic heterocycles. The summed E-state index contributed by atoms with van der Waals surface area (Å²) in [6, 6.07) is 7.94. The Morgan fingerprint density at radius 2 is 1.88 bits per heavy atom. The third-order valence-electron chi connectivity index (χ3n) is 5.24. The number of carbonyl (C=O) groups excluding carboxylic acids is 1. The van der Waals surface area contributed by atoms with Gasteiger partial charge < -0.3 is 10.2 Å². The molecule has 0 bridgehead atoms. The molecule has 1 amide bonds. The Morgan fingerprint density at radius 3 is 2.54 bits per heavy atom.